The maximum Gasteiger partial charge on any atom is 0.326 e. The molecule has 128 valence electrons. The van der Waals surface area contributed by atoms with Crippen LogP contribution in [0.15, 0.2) is 18.5 Å². The van der Waals surface area contributed by atoms with Gasteiger partial charge in [-0.2, -0.15) is 4.79 Å². The fourth-order valence-electron chi connectivity index (χ4n) is 1.89. The van der Waals surface area contributed by atoms with E-state index in [4.69, 9.17) is 15.4 Å². The number of halogens is 1. The number of carboxylic acids is 1. The van der Waals surface area contributed by atoms with Crippen LogP contribution in [0.1, 0.15) is 24.5 Å². The number of ketones is 1. The summed E-state index contributed by atoms with van der Waals surface area (Å²) in [7, 11) is 1.20. The summed E-state index contributed by atoms with van der Waals surface area (Å²) < 4.78 is 18.2. The Morgan fingerprint density at radius 1 is 1.50 bits per heavy atom. The molecule has 0 spiro atoms. The lowest BCUT2D eigenvalue weighted by Crippen LogP contribution is -2.43. The Morgan fingerprint density at radius 2 is 2.21 bits per heavy atom. The average Bonchev–Trinajstić information content (AvgIpc) is 2.52. The molecule has 1 amide bonds. The van der Waals surface area contributed by atoms with Crippen LogP contribution in [0.25, 0.3) is 5.53 Å². The van der Waals surface area contributed by atoms with Crippen molar-refractivity contribution in [3.63, 3.8) is 0 Å². The van der Waals surface area contributed by atoms with Crippen LogP contribution in [0.3, 0.4) is 0 Å². The number of carbonyl (C=O) groups excluding carboxylic acids is 2. The smallest absolute Gasteiger partial charge is 0.326 e. The van der Waals surface area contributed by atoms with E-state index in [0.717, 1.165) is 12.3 Å². The van der Waals surface area contributed by atoms with E-state index in [1.165, 1.54) is 13.3 Å². The fraction of sp³-hybridized carbons (Fsp3) is 0.357. The summed E-state index contributed by atoms with van der Waals surface area (Å²) in [5.41, 5.74) is 8.33. The van der Waals surface area contributed by atoms with Gasteiger partial charge in [0.05, 0.1) is 6.20 Å². The molecule has 0 fully saturated rings. The number of aliphatic carboxylic acids is 1. The average molecular weight is 338 g/mol. The summed E-state index contributed by atoms with van der Waals surface area (Å²) >= 11 is 0. The number of nitrogens with zero attached hydrogens (tertiary/aromatic N) is 3. The normalized spacial score (nSPS) is 12.6. The molecule has 0 saturated heterocycles. The standard InChI is InChI=1S/C14H15FN4O5/c1-24-12(8-4-9(15)6-17-5-8)13(21)19-11(14(22)23)3-2-10(20)7-18-16/h4-7,11-12H,2-3H2,1H3,(H,19,21)(H,22,23). The second kappa shape index (κ2) is 9.23. The number of pyridine rings is 1. The van der Waals surface area contributed by atoms with E-state index in [0.29, 0.717) is 6.21 Å². The lowest BCUT2D eigenvalue weighted by molar-refractivity contribution is -0.144. The summed E-state index contributed by atoms with van der Waals surface area (Å²) in [6, 6.07) is -0.328. The van der Waals surface area contributed by atoms with Crippen molar-refractivity contribution in [3.05, 3.63) is 35.4 Å². The van der Waals surface area contributed by atoms with Crippen LogP contribution >= 0.6 is 0 Å². The largest absolute Gasteiger partial charge is 0.480 e. The van der Waals surface area contributed by atoms with Crippen LogP contribution in [-0.4, -0.2) is 51.9 Å². The number of hydrogen-bond donors (Lipinski definition) is 2. The van der Waals surface area contributed by atoms with Crippen LogP contribution in [0.5, 0.6) is 0 Å². The Balaban J connectivity index is 2.80. The first kappa shape index (κ1) is 19.1. The third kappa shape index (κ3) is 5.67. The number of aromatic nitrogens is 1. The first-order valence-corrected chi connectivity index (χ1v) is 6.75. The summed E-state index contributed by atoms with van der Waals surface area (Å²) in [6.45, 7) is 0. The third-order valence-corrected chi connectivity index (χ3v) is 3.00. The van der Waals surface area contributed by atoms with Gasteiger partial charge < -0.3 is 20.7 Å². The highest BCUT2D eigenvalue weighted by Crippen LogP contribution is 2.17. The summed E-state index contributed by atoms with van der Waals surface area (Å²) in [5, 5.41) is 11.3. The number of methoxy groups -OCH3 is 1. The highest BCUT2D eigenvalue weighted by Gasteiger charge is 2.27. The van der Waals surface area contributed by atoms with E-state index in [1.54, 1.807) is 0 Å². The molecule has 0 bridgehead atoms. The van der Waals surface area contributed by atoms with Gasteiger partial charge in [0, 0.05) is 25.3 Å². The van der Waals surface area contributed by atoms with E-state index in [-0.39, 0.29) is 18.4 Å². The topological polar surface area (TPSA) is 142 Å². The van der Waals surface area contributed by atoms with E-state index < -0.39 is 35.6 Å². The van der Waals surface area contributed by atoms with Crippen LogP contribution in [0.2, 0.25) is 0 Å². The van der Waals surface area contributed by atoms with E-state index in [2.05, 4.69) is 15.1 Å². The zero-order chi connectivity index (χ0) is 18.1. The molecule has 1 heterocycles. The van der Waals surface area contributed by atoms with Crippen molar-refractivity contribution < 1.29 is 33.4 Å². The minimum absolute atomic E-state index is 0.114. The van der Waals surface area contributed by atoms with Gasteiger partial charge in [-0.05, 0) is 12.5 Å². The van der Waals surface area contributed by atoms with Crippen molar-refractivity contribution in [2.45, 2.75) is 25.0 Å². The van der Waals surface area contributed by atoms with Gasteiger partial charge in [-0.3, -0.25) is 14.6 Å². The highest BCUT2D eigenvalue weighted by molar-refractivity contribution is 6.25. The number of rotatable bonds is 9. The predicted octanol–water partition coefficient (Wildman–Crippen LogP) is 0.127. The number of hydrogen-bond acceptors (Lipinski definition) is 5. The van der Waals surface area contributed by atoms with Crippen LogP contribution in [0.4, 0.5) is 4.39 Å². The minimum atomic E-state index is -1.37. The SMILES string of the molecule is COC(C(=O)NC(CCC(=O)C=[N+]=[N-])C(=O)O)c1cncc(F)c1. The second-order valence-electron chi connectivity index (χ2n) is 4.70. The van der Waals surface area contributed by atoms with E-state index >= 15 is 0 Å². The maximum atomic E-state index is 13.2. The first-order chi connectivity index (χ1) is 11.4. The Hall–Kier alpha value is -2.97. The Bertz CT molecular complexity index is 675. The molecule has 0 aliphatic rings. The summed E-state index contributed by atoms with van der Waals surface area (Å²) in [5.74, 6) is -3.45. The summed E-state index contributed by atoms with van der Waals surface area (Å²) in [6.07, 6.45) is 1.07. The number of ether oxygens (including phenoxy) is 1. The van der Waals surface area contributed by atoms with Crippen molar-refractivity contribution in [2.24, 2.45) is 0 Å². The van der Waals surface area contributed by atoms with Gasteiger partial charge in [-0.15, -0.1) is 0 Å². The van der Waals surface area contributed by atoms with E-state index in [9.17, 15) is 18.8 Å². The summed E-state index contributed by atoms with van der Waals surface area (Å²) in [4.78, 5) is 40.7. The molecule has 2 N–H and O–H groups in total. The Labute approximate surface area is 136 Å². The van der Waals surface area contributed by atoms with Crippen LogP contribution in [0, 0.1) is 5.82 Å². The van der Waals surface area contributed by atoms with Gasteiger partial charge in [-0.25, -0.2) is 9.18 Å². The van der Waals surface area contributed by atoms with Gasteiger partial charge in [0.1, 0.15) is 11.9 Å². The van der Waals surface area contributed by atoms with Gasteiger partial charge in [0.2, 0.25) is 5.78 Å². The van der Waals surface area contributed by atoms with Crippen LogP contribution < -0.4 is 5.32 Å². The lowest BCUT2D eigenvalue weighted by atomic mass is 10.1. The fourth-order valence-corrected chi connectivity index (χ4v) is 1.89. The molecule has 2 unspecified atom stereocenters. The van der Waals surface area contributed by atoms with E-state index in [1.807, 2.05) is 0 Å². The molecule has 1 aromatic rings. The maximum absolute atomic E-state index is 13.2. The molecule has 1 aromatic heterocycles. The van der Waals surface area contributed by atoms with Crippen LogP contribution in [-0.2, 0) is 19.1 Å². The molecule has 0 aliphatic heterocycles. The molecule has 0 aromatic carbocycles. The van der Waals surface area contributed by atoms with Crippen molar-refractivity contribution in [1.82, 2.24) is 10.3 Å². The van der Waals surface area contributed by atoms with Crippen molar-refractivity contribution in [3.8, 4) is 0 Å². The Kier molecular flexibility index (Phi) is 7.34. The monoisotopic (exact) mass is 338 g/mol. The van der Waals surface area contributed by atoms with Crippen molar-refractivity contribution >= 4 is 23.9 Å². The molecule has 2 atom stereocenters. The molecule has 24 heavy (non-hydrogen) atoms. The highest BCUT2D eigenvalue weighted by atomic mass is 19.1. The number of carbonyl (C=O) groups is 3. The quantitative estimate of drug-likeness (QED) is 0.372. The molecule has 1 rings (SSSR count). The minimum Gasteiger partial charge on any atom is -0.480 e. The first-order valence-electron chi connectivity index (χ1n) is 6.75. The molecule has 0 radical (unpaired) electrons. The zero-order valence-corrected chi connectivity index (χ0v) is 12.7. The Morgan fingerprint density at radius 3 is 2.75 bits per heavy atom. The lowest BCUT2D eigenvalue weighted by Gasteiger charge is -2.19. The molecule has 0 saturated carbocycles. The molecule has 10 heteroatoms. The van der Waals surface area contributed by atoms with Gasteiger partial charge in [0.25, 0.3) is 5.91 Å². The number of nitrogens with one attached hydrogen (secondary N) is 1. The molecular formula is C14H15FN4O5. The molecule has 9 nitrogen and oxygen atoms in total. The number of Topliss-reactive ketones (excluding diaryl/α,β-unsaturated/α-hetero) is 1. The molecule has 0 aliphatic carbocycles. The number of carboxylic acid groups (broad SMARTS) is 1. The van der Waals surface area contributed by atoms with Gasteiger partial charge in [0.15, 0.2) is 6.10 Å². The van der Waals surface area contributed by atoms with Crippen molar-refractivity contribution in [1.29, 1.82) is 0 Å². The second-order valence-corrected chi connectivity index (χ2v) is 4.70. The van der Waals surface area contributed by atoms with Gasteiger partial charge >= 0.3 is 12.2 Å². The third-order valence-electron chi connectivity index (χ3n) is 3.00. The molecular weight excluding hydrogens is 323 g/mol. The zero-order valence-electron chi connectivity index (χ0n) is 12.7. The van der Waals surface area contributed by atoms with Crippen molar-refractivity contribution in [2.75, 3.05) is 7.11 Å². The predicted molar refractivity (Wildman–Crippen MR) is 77.4 cm³/mol. The van der Waals surface area contributed by atoms with Gasteiger partial charge in [-0.1, -0.05) is 0 Å². The number of amides is 1.